The summed E-state index contributed by atoms with van der Waals surface area (Å²) in [6.07, 6.45) is 0.760. The quantitative estimate of drug-likeness (QED) is 0.890. The van der Waals surface area contributed by atoms with Gasteiger partial charge in [0.2, 0.25) is 0 Å². The zero-order valence-corrected chi connectivity index (χ0v) is 11.6. The number of ether oxygens (including phenoxy) is 2. The van der Waals surface area contributed by atoms with E-state index in [-0.39, 0.29) is 11.4 Å². The molecule has 0 amide bonds. The summed E-state index contributed by atoms with van der Waals surface area (Å²) in [5.41, 5.74) is -0.216. The average Bonchev–Trinajstić information content (AvgIpc) is 2.39. The van der Waals surface area contributed by atoms with Crippen molar-refractivity contribution in [1.82, 2.24) is 0 Å². The molecule has 0 unspecified atom stereocenters. The van der Waals surface area contributed by atoms with Crippen molar-refractivity contribution in [2.24, 2.45) is 0 Å². The Morgan fingerprint density at radius 3 is 2.37 bits per heavy atom. The summed E-state index contributed by atoms with van der Waals surface area (Å²) in [7, 11) is 1.69. The lowest BCUT2D eigenvalue weighted by Crippen LogP contribution is -2.25. The molecule has 0 saturated carbocycles. The van der Waals surface area contributed by atoms with Crippen molar-refractivity contribution in [3.05, 3.63) is 36.4 Å². The van der Waals surface area contributed by atoms with Gasteiger partial charge in [0, 0.05) is 13.5 Å². The number of fused-ring (bicyclic) bond motifs is 1. The molecule has 19 heavy (non-hydrogen) atoms. The topological polar surface area (TPSA) is 38.7 Å². The van der Waals surface area contributed by atoms with Crippen LogP contribution in [0, 0.1) is 0 Å². The summed E-state index contributed by atoms with van der Waals surface area (Å²) < 4.78 is 11.0. The Kier molecular flexibility index (Phi) is 3.96. The molecule has 0 bridgehead atoms. The third-order valence-corrected chi connectivity index (χ3v) is 3.34. The molecule has 0 heterocycles. The summed E-state index contributed by atoms with van der Waals surface area (Å²) >= 11 is 0. The van der Waals surface area contributed by atoms with Gasteiger partial charge in [0.15, 0.2) is 11.5 Å². The fourth-order valence-corrected chi connectivity index (χ4v) is 1.83. The van der Waals surface area contributed by atoms with E-state index in [0.29, 0.717) is 12.4 Å². The maximum atomic E-state index is 9.94. The van der Waals surface area contributed by atoms with Crippen molar-refractivity contribution >= 4 is 10.8 Å². The molecular formula is C16H20O3. The fraction of sp³-hybridized carbons (Fsp3) is 0.375. The highest BCUT2D eigenvalue weighted by Crippen LogP contribution is 2.31. The minimum Gasteiger partial charge on any atom is -0.504 e. The van der Waals surface area contributed by atoms with Gasteiger partial charge in [-0.2, -0.15) is 0 Å². The molecule has 0 aromatic heterocycles. The number of methoxy groups -OCH3 is 1. The van der Waals surface area contributed by atoms with Gasteiger partial charge in [-0.3, -0.25) is 0 Å². The highest BCUT2D eigenvalue weighted by Gasteiger charge is 2.16. The van der Waals surface area contributed by atoms with Gasteiger partial charge in [0.05, 0.1) is 12.2 Å². The van der Waals surface area contributed by atoms with Gasteiger partial charge < -0.3 is 14.6 Å². The lowest BCUT2D eigenvalue weighted by atomic mass is 10.1. The molecule has 0 spiro atoms. The van der Waals surface area contributed by atoms with Crippen LogP contribution in [0.4, 0.5) is 0 Å². The highest BCUT2D eigenvalue weighted by molar-refractivity contribution is 5.85. The number of hydrogen-bond acceptors (Lipinski definition) is 3. The van der Waals surface area contributed by atoms with E-state index in [1.165, 1.54) is 0 Å². The van der Waals surface area contributed by atoms with Gasteiger partial charge in [-0.25, -0.2) is 0 Å². The van der Waals surface area contributed by atoms with Crippen LogP contribution in [0.1, 0.15) is 20.3 Å². The van der Waals surface area contributed by atoms with E-state index in [0.717, 1.165) is 17.2 Å². The first-order chi connectivity index (χ1) is 9.02. The summed E-state index contributed by atoms with van der Waals surface area (Å²) in [5.74, 6) is 0.694. The van der Waals surface area contributed by atoms with E-state index in [1.54, 1.807) is 13.2 Å². The first kappa shape index (κ1) is 13.7. The molecule has 0 aliphatic rings. The first-order valence-corrected chi connectivity index (χ1v) is 6.41. The van der Waals surface area contributed by atoms with Crippen LogP contribution in [0.15, 0.2) is 36.4 Å². The number of benzene rings is 2. The molecule has 3 heteroatoms. The Bertz CT molecular complexity index is 561. The Morgan fingerprint density at radius 1 is 1.11 bits per heavy atom. The molecule has 0 saturated heterocycles. The zero-order valence-electron chi connectivity index (χ0n) is 11.6. The molecule has 0 aliphatic carbocycles. The Morgan fingerprint density at radius 2 is 1.74 bits per heavy atom. The van der Waals surface area contributed by atoms with Crippen LogP contribution >= 0.6 is 0 Å². The van der Waals surface area contributed by atoms with Gasteiger partial charge >= 0.3 is 0 Å². The van der Waals surface area contributed by atoms with Crippen molar-refractivity contribution in [2.75, 3.05) is 13.7 Å². The standard InChI is InChI=1S/C16H20O3/c1-16(2,18-3)8-9-19-15-11-13-7-5-4-6-12(13)10-14(15)17/h4-7,10-11,17H,8-9H2,1-3H3. The number of hydrogen-bond donors (Lipinski definition) is 1. The summed E-state index contributed by atoms with van der Waals surface area (Å²) in [6.45, 7) is 4.53. The maximum absolute atomic E-state index is 9.94. The lowest BCUT2D eigenvalue weighted by molar-refractivity contribution is 0.00526. The van der Waals surface area contributed by atoms with E-state index < -0.39 is 0 Å². The summed E-state index contributed by atoms with van der Waals surface area (Å²) in [5, 5.41) is 12.0. The van der Waals surface area contributed by atoms with Gasteiger partial charge in [0.1, 0.15) is 0 Å². The number of phenols is 1. The molecule has 2 rings (SSSR count). The molecule has 0 fully saturated rings. The molecule has 2 aromatic carbocycles. The molecule has 2 aromatic rings. The molecular weight excluding hydrogens is 240 g/mol. The van der Waals surface area contributed by atoms with Crippen LogP contribution in [0.3, 0.4) is 0 Å². The second-order valence-electron chi connectivity index (χ2n) is 5.23. The molecule has 1 N–H and O–H groups in total. The van der Waals surface area contributed by atoms with E-state index in [1.807, 2.05) is 44.2 Å². The number of phenolic OH excluding ortho intramolecular Hbond substituents is 1. The van der Waals surface area contributed by atoms with Crippen LogP contribution < -0.4 is 4.74 Å². The molecule has 3 nitrogen and oxygen atoms in total. The fourth-order valence-electron chi connectivity index (χ4n) is 1.83. The highest BCUT2D eigenvalue weighted by atomic mass is 16.5. The third kappa shape index (κ3) is 3.38. The van der Waals surface area contributed by atoms with Gasteiger partial charge in [-0.1, -0.05) is 24.3 Å². The SMILES string of the molecule is COC(C)(C)CCOc1cc2ccccc2cc1O. The van der Waals surface area contributed by atoms with Crippen molar-refractivity contribution < 1.29 is 14.6 Å². The lowest BCUT2D eigenvalue weighted by Gasteiger charge is -2.22. The van der Waals surface area contributed by atoms with Crippen molar-refractivity contribution in [3.63, 3.8) is 0 Å². The Hall–Kier alpha value is -1.74. The predicted molar refractivity (Wildman–Crippen MR) is 76.8 cm³/mol. The van der Waals surface area contributed by atoms with E-state index in [4.69, 9.17) is 9.47 Å². The molecule has 0 aliphatic heterocycles. The second kappa shape index (κ2) is 5.49. The van der Waals surface area contributed by atoms with Crippen LogP contribution in [-0.4, -0.2) is 24.4 Å². The molecule has 0 radical (unpaired) electrons. The summed E-state index contributed by atoms with van der Waals surface area (Å²) in [4.78, 5) is 0. The van der Waals surface area contributed by atoms with Crippen molar-refractivity contribution in [2.45, 2.75) is 25.9 Å². The predicted octanol–water partition coefficient (Wildman–Crippen LogP) is 3.74. The third-order valence-electron chi connectivity index (χ3n) is 3.34. The Balaban J connectivity index is 2.10. The number of rotatable bonds is 5. The first-order valence-electron chi connectivity index (χ1n) is 6.41. The normalized spacial score (nSPS) is 11.7. The largest absolute Gasteiger partial charge is 0.504 e. The van der Waals surface area contributed by atoms with E-state index in [9.17, 15) is 5.11 Å². The average molecular weight is 260 g/mol. The smallest absolute Gasteiger partial charge is 0.161 e. The van der Waals surface area contributed by atoms with E-state index in [2.05, 4.69) is 0 Å². The van der Waals surface area contributed by atoms with Gasteiger partial charge in [-0.05, 0) is 36.8 Å². The van der Waals surface area contributed by atoms with Crippen molar-refractivity contribution in [3.8, 4) is 11.5 Å². The van der Waals surface area contributed by atoms with Crippen LogP contribution in [0.5, 0.6) is 11.5 Å². The minimum atomic E-state index is -0.216. The van der Waals surface area contributed by atoms with Crippen molar-refractivity contribution in [1.29, 1.82) is 0 Å². The van der Waals surface area contributed by atoms with Crippen LogP contribution in [0.2, 0.25) is 0 Å². The second-order valence-corrected chi connectivity index (χ2v) is 5.23. The van der Waals surface area contributed by atoms with E-state index >= 15 is 0 Å². The Labute approximate surface area is 113 Å². The maximum Gasteiger partial charge on any atom is 0.161 e. The zero-order chi connectivity index (χ0) is 13.9. The molecule has 102 valence electrons. The van der Waals surface area contributed by atoms with Crippen LogP contribution in [-0.2, 0) is 4.74 Å². The molecule has 0 atom stereocenters. The van der Waals surface area contributed by atoms with Gasteiger partial charge in [-0.15, -0.1) is 0 Å². The monoisotopic (exact) mass is 260 g/mol. The van der Waals surface area contributed by atoms with Crippen LogP contribution in [0.25, 0.3) is 10.8 Å². The minimum absolute atomic E-state index is 0.175. The summed E-state index contributed by atoms with van der Waals surface area (Å²) in [6, 6.07) is 11.5. The number of aromatic hydroxyl groups is 1. The van der Waals surface area contributed by atoms with Gasteiger partial charge in [0.25, 0.3) is 0 Å².